The van der Waals surface area contributed by atoms with Gasteiger partial charge in [-0.3, -0.25) is 0 Å². The van der Waals surface area contributed by atoms with Gasteiger partial charge in [-0.1, -0.05) is 42.5 Å². The molecule has 5 heteroatoms. The van der Waals surface area contributed by atoms with Gasteiger partial charge in [0.2, 0.25) is 0 Å². The number of aliphatic hydroxyl groups is 2. The lowest BCUT2D eigenvalue weighted by Gasteiger charge is -2.56. The average Bonchev–Trinajstić information content (AvgIpc) is 3.55. The van der Waals surface area contributed by atoms with Gasteiger partial charge in [-0.25, -0.2) is 0 Å². The van der Waals surface area contributed by atoms with Gasteiger partial charge in [-0.2, -0.15) is 0 Å². The van der Waals surface area contributed by atoms with Gasteiger partial charge in [0.05, 0.1) is 5.71 Å². The van der Waals surface area contributed by atoms with E-state index in [-0.39, 0.29) is 10.8 Å². The smallest absolute Gasteiger partial charge is 0.131 e. The Labute approximate surface area is 276 Å². The molecule has 46 heavy (non-hydrogen) atoms. The van der Waals surface area contributed by atoms with E-state index >= 15 is 0 Å². The van der Waals surface area contributed by atoms with E-state index in [2.05, 4.69) is 43.0 Å². The van der Waals surface area contributed by atoms with E-state index in [0.717, 1.165) is 95.1 Å². The summed E-state index contributed by atoms with van der Waals surface area (Å²) in [6.07, 6.45) is 29.2. The maximum absolute atomic E-state index is 11.1. The number of aryl methyl sites for hydroxylation is 1. The fourth-order valence-corrected chi connectivity index (χ4v) is 12.9. The number of allylic oxidation sites excluding steroid dienone is 2. The Morgan fingerprint density at radius 3 is 2.28 bits per heavy atom. The molecule has 0 heterocycles. The number of phenolic OH excluding ortho intramolecular Hbond substituents is 1. The maximum atomic E-state index is 11.1. The quantitative estimate of drug-likeness (QED) is 0.146. The summed E-state index contributed by atoms with van der Waals surface area (Å²) in [6, 6.07) is 5.87. The van der Waals surface area contributed by atoms with Gasteiger partial charge in [0.15, 0.2) is 0 Å². The molecule has 4 N–H and O–H groups in total. The standard InChI is InChI=1S/C21H29NO2.C20H24O2/c1-3-20-11-9-17-16-8-6-15(22-24)13-14(16)5-7-18(17)19(20)10-12-21(20,23)4-2;1-3-20(22)11-9-18-17-6-4-13-12-14(21)5-7-15(13)16(17)8-10-19(18,20)2/h2,13,16-19,23-24H,3,5-12H2,1H3;1,5,7,12,16-18,21-22H,4,6,8-11H2,2H3/b22-15-;/t16-,17+,18+,19-,20-,21-;16-,17-,18+,19+,20+/m11/s1. The Kier molecular flexibility index (Phi) is 7.93. The topological polar surface area (TPSA) is 93.3 Å². The zero-order valence-corrected chi connectivity index (χ0v) is 27.8. The molecule has 0 bridgehead atoms. The van der Waals surface area contributed by atoms with Crippen molar-refractivity contribution < 1.29 is 20.5 Å². The number of phenols is 1. The summed E-state index contributed by atoms with van der Waals surface area (Å²) in [4.78, 5) is 0. The average molecular weight is 624 g/mol. The van der Waals surface area contributed by atoms with Crippen molar-refractivity contribution in [1.82, 2.24) is 0 Å². The Morgan fingerprint density at radius 1 is 0.804 bits per heavy atom. The highest BCUT2D eigenvalue weighted by atomic mass is 16.4. The fourth-order valence-electron chi connectivity index (χ4n) is 12.9. The van der Waals surface area contributed by atoms with Crippen LogP contribution in [0.25, 0.3) is 0 Å². The molecule has 0 aromatic heterocycles. The van der Waals surface area contributed by atoms with Gasteiger partial charge < -0.3 is 20.5 Å². The van der Waals surface area contributed by atoms with Gasteiger partial charge in [0, 0.05) is 10.8 Å². The molecule has 1 aromatic carbocycles. The van der Waals surface area contributed by atoms with Crippen LogP contribution in [-0.4, -0.2) is 37.4 Å². The molecule has 1 aromatic rings. The second kappa shape index (κ2) is 11.5. The number of benzene rings is 1. The monoisotopic (exact) mass is 623 g/mol. The van der Waals surface area contributed by atoms with E-state index in [1.54, 1.807) is 0 Å². The number of fused-ring (bicyclic) bond motifs is 10. The molecule has 5 saturated carbocycles. The van der Waals surface area contributed by atoms with Crippen LogP contribution in [0.4, 0.5) is 0 Å². The van der Waals surface area contributed by atoms with Gasteiger partial charge in [0.1, 0.15) is 17.0 Å². The summed E-state index contributed by atoms with van der Waals surface area (Å²) >= 11 is 0. The Morgan fingerprint density at radius 2 is 1.54 bits per heavy atom. The highest BCUT2D eigenvalue weighted by molar-refractivity contribution is 5.96. The van der Waals surface area contributed by atoms with E-state index < -0.39 is 11.2 Å². The lowest BCUT2D eigenvalue weighted by atomic mass is 9.49. The van der Waals surface area contributed by atoms with Crippen LogP contribution in [0, 0.1) is 71.0 Å². The number of oxime groups is 1. The molecule has 0 unspecified atom stereocenters. The zero-order chi connectivity index (χ0) is 32.5. The zero-order valence-electron chi connectivity index (χ0n) is 27.8. The highest BCUT2D eigenvalue weighted by Gasteiger charge is 2.64. The Balaban J connectivity index is 0.000000147. The molecule has 5 fully saturated rings. The van der Waals surface area contributed by atoms with Crippen molar-refractivity contribution in [3.05, 3.63) is 41.0 Å². The Bertz CT molecular complexity index is 1510. The van der Waals surface area contributed by atoms with Gasteiger partial charge in [-0.15, -0.1) is 12.8 Å². The number of terminal acetylenes is 2. The summed E-state index contributed by atoms with van der Waals surface area (Å²) in [6.45, 7) is 4.44. The number of aromatic hydroxyl groups is 1. The summed E-state index contributed by atoms with van der Waals surface area (Å²) in [5.74, 6) is 10.3. The van der Waals surface area contributed by atoms with Crippen molar-refractivity contribution in [1.29, 1.82) is 0 Å². The van der Waals surface area contributed by atoms with Crippen LogP contribution in [0.2, 0.25) is 0 Å². The molecule has 7 aliphatic carbocycles. The first-order chi connectivity index (χ1) is 22.1. The van der Waals surface area contributed by atoms with Crippen molar-refractivity contribution in [3.8, 4) is 30.4 Å². The normalized spacial score (nSPS) is 46.0. The van der Waals surface area contributed by atoms with E-state index in [1.807, 2.05) is 12.1 Å². The summed E-state index contributed by atoms with van der Waals surface area (Å²) in [5, 5.41) is 44.3. The number of rotatable bonds is 1. The fraction of sp³-hybridized carbons (Fsp3) is 0.683. The SMILES string of the molecule is C#C[C@@]1(O)CC[C@@H]2[C@H]3CCC4=C/C(=N\O)CC[C@H]4[C@@H]3CC[C@]21CC.C#C[C@]1(O)CC[C@H]2[C@@H]3CCc4cc(O)ccc4[C@H]3CC[C@@]21C. The summed E-state index contributed by atoms with van der Waals surface area (Å²) < 4.78 is 0. The molecule has 0 saturated heterocycles. The predicted molar refractivity (Wildman–Crippen MR) is 181 cm³/mol. The van der Waals surface area contributed by atoms with Crippen molar-refractivity contribution in [2.24, 2.45) is 51.5 Å². The first kappa shape index (κ1) is 31.8. The third-order valence-corrected chi connectivity index (χ3v) is 15.3. The highest BCUT2D eigenvalue weighted by Crippen LogP contribution is 2.67. The minimum atomic E-state index is -0.919. The lowest BCUT2D eigenvalue weighted by molar-refractivity contribution is -0.0989. The van der Waals surface area contributed by atoms with Gasteiger partial charge in [0.25, 0.3) is 0 Å². The van der Waals surface area contributed by atoms with Crippen molar-refractivity contribution in [2.45, 2.75) is 127 Å². The molecular weight excluding hydrogens is 570 g/mol. The number of hydrogen-bond donors (Lipinski definition) is 4. The number of nitrogens with zero attached hydrogens (tertiary/aromatic N) is 1. The Hall–Kier alpha value is -2.73. The van der Waals surface area contributed by atoms with E-state index in [4.69, 9.17) is 18.1 Å². The molecule has 0 spiro atoms. The van der Waals surface area contributed by atoms with Crippen LogP contribution >= 0.6 is 0 Å². The molecule has 0 amide bonds. The molecule has 5 nitrogen and oxygen atoms in total. The third-order valence-electron chi connectivity index (χ3n) is 15.3. The molecule has 246 valence electrons. The first-order valence-corrected chi connectivity index (χ1v) is 18.2. The minimum absolute atomic E-state index is 0.0590. The van der Waals surface area contributed by atoms with Crippen molar-refractivity contribution >= 4 is 5.71 Å². The van der Waals surface area contributed by atoms with Crippen molar-refractivity contribution in [3.63, 3.8) is 0 Å². The summed E-state index contributed by atoms with van der Waals surface area (Å²) in [7, 11) is 0. The molecule has 0 radical (unpaired) electrons. The third kappa shape index (κ3) is 4.48. The van der Waals surface area contributed by atoms with Crippen molar-refractivity contribution in [2.75, 3.05) is 0 Å². The van der Waals surface area contributed by atoms with E-state index in [1.165, 1.54) is 29.5 Å². The molecule has 0 aliphatic heterocycles. The second-order valence-corrected chi connectivity index (χ2v) is 16.3. The predicted octanol–water partition coefficient (Wildman–Crippen LogP) is 7.76. The van der Waals surface area contributed by atoms with Crippen LogP contribution in [0.1, 0.15) is 121 Å². The summed E-state index contributed by atoms with van der Waals surface area (Å²) in [5.41, 5.74) is 3.09. The van der Waals surface area contributed by atoms with Crippen LogP contribution in [-0.2, 0) is 6.42 Å². The van der Waals surface area contributed by atoms with Gasteiger partial charge in [-0.05, 0) is 167 Å². The van der Waals surface area contributed by atoms with Crippen LogP contribution in [0.15, 0.2) is 35.0 Å². The second-order valence-electron chi connectivity index (χ2n) is 16.3. The van der Waals surface area contributed by atoms with E-state index in [9.17, 15) is 15.3 Å². The largest absolute Gasteiger partial charge is 0.508 e. The molecular formula is C41H53NO4. The lowest BCUT2D eigenvalue weighted by Crippen LogP contribution is -2.53. The van der Waals surface area contributed by atoms with E-state index in [0.29, 0.717) is 41.3 Å². The molecule has 7 aliphatic rings. The van der Waals surface area contributed by atoms with Crippen LogP contribution in [0.5, 0.6) is 5.75 Å². The first-order valence-electron chi connectivity index (χ1n) is 18.2. The van der Waals surface area contributed by atoms with Gasteiger partial charge >= 0.3 is 0 Å². The van der Waals surface area contributed by atoms with Crippen LogP contribution in [0.3, 0.4) is 0 Å². The maximum Gasteiger partial charge on any atom is 0.131 e. The number of hydrogen-bond acceptors (Lipinski definition) is 5. The minimum Gasteiger partial charge on any atom is -0.508 e. The molecule has 8 rings (SSSR count). The molecule has 11 atom stereocenters. The van der Waals surface area contributed by atoms with Crippen LogP contribution < -0.4 is 0 Å².